The molecule has 27 heavy (non-hydrogen) atoms. The number of ether oxygens (including phenoxy) is 1. The van der Waals surface area contributed by atoms with Crippen LogP contribution in [0.3, 0.4) is 0 Å². The van der Waals surface area contributed by atoms with Gasteiger partial charge in [-0.05, 0) is 43.3 Å². The predicted octanol–water partition coefficient (Wildman–Crippen LogP) is 4.21. The van der Waals surface area contributed by atoms with Crippen LogP contribution < -0.4 is 11.5 Å². The lowest BCUT2D eigenvalue weighted by atomic mass is 10.1. The highest BCUT2D eigenvalue weighted by Gasteiger charge is 2.58. The van der Waals surface area contributed by atoms with E-state index < -0.39 is 8.56 Å². The minimum Gasteiger partial charge on any atom is -0.405 e. The average Bonchev–Trinajstić information content (AvgIpc) is 2.71. The minimum atomic E-state index is -2.15. The maximum atomic E-state index is 5.83. The van der Waals surface area contributed by atoms with Gasteiger partial charge in [-0.1, -0.05) is 63.4 Å². The van der Waals surface area contributed by atoms with Crippen molar-refractivity contribution in [3.63, 3.8) is 0 Å². The fourth-order valence-electron chi connectivity index (χ4n) is 3.60. The topological polar surface area (TPSA) is 79.7 Å². The van der Waals surface area contributed by atoms with Gasteiger partial charge in [0.2, 0.25) is 0 Å². The standard InChI is InChI=1S/C11H24O3Si.C8H9N.C2H7N/c1-5-8-11(12-2)9-6-7-10-15(11,13-3)14-4;9-7-6-8-4-2-1-3-5-8;1-2-3/h5-10H2,1-4H3;1-7H,9H2;2-3H2,1H3. The molecule has 5 nitrogen and oxygen atoms in total. The van der Waals surface area contributed by atoms with Crippen LogP contribution >= 0.6 is 0 Å². The fourth-order valence-corrected chi connectivity index (χ4v) is 7.59. The molecule has 156 valence electrons. The third-order valence-corrected chi connectivity index (χ3v) is 9.25. The molecule has 1 atom stereocenters. The second-order valence-corrected chi connectivity index (χ2v) is 10.2. The van der Waals surface area contributed by atoms with Crippen molar-refractivity contribution in [2.75, 3.05) is 27.9 Å². The van der Waals surface area contributed by atoms with E-state index in [0.29, 0.717) is 0 Å². The quantitative estimate of drug-likeness (QED) is 0.704. The first-order chi connectivity index (χ1) is 13.0. The average molecular weight is 397 g/mol. The maximum absolute atomic E-state index is 5.83. The van der Waals surface area contributed by atoms with Crippen LogP contribution in [0.2, 0.25) is 6.04 Å². The molecule has 0 bridgehead atoms. The van der Waals surface area contributed by atoms with Gasteiger partial charge in [0.05, 0.1) is 0 Å². The molecule has 1 aromatic rings. The van der Waals surface area contributed by atoms with E-state index in [2.05, 4.69) is 6.92 Å². The normalized spacial score (nSPS) is 21.0. The molecular weight excluding hydrogens is 356 g/mol. The zero-order valence-corrected chi connectivity index (χ0v) is 18.9. The molecule has 1 aliphatic rings. The van der Waals surface area contributed by atoms with E-state index in [0.717, 1.165) is 37.4 Å². The molecule has 1 saturated heterocycles. The molecule has 1 aliphatic heterocycles. The van der Waals surface area contributed by atoms with E-state index in [-0.39, 0.29) is 5.22 Å². The van der Waals surface area contributed by atoms with Crippen molar-refractivity contribution in [3.05, 3.63) is 42.1 Å². The second kappa shape index (κ2) is 14.8. The van der Waals surface area contributed by atoms with Crippen LogP contribution in [-0.4, -0.2) is 41.7 Å². The van der Waals surface area contributed by atoms with Gasteiger partial charge in [-0.2, -0.15) is 0 Å². The van der Waals surface area contributed by atoms with Gasteiger partial charge in [0.15, 0.2) is 0 Å². The highest BCUT2D eigenvalue weighted by atomic mass is 28.4. The number of rotatable bonds is 6. The van der Waals surface area contributed by atoms with Gasteiger partial charge in [-0.15, -0.1) is 0 Å². The predicted molar refractivity (Wildman–Crippen MR) is 117 cm³/mol. The van der Waals surface area contributed by atoms with Gasteiger partial charge in [0.1, 0.15) is 5.22 Å². The second-order valence-electron chi connectivity index (χ2n) is 6.49. The summed E-state index contributed by atoms with van der Waals surface area (Å²) in [6.45, 7) is 4.85. The molecule has 0 aromatic heterocycles. The first-order valence-electron chi connectivity index (χ1n) is 9.84. The first kappa shape index (κ1) is 25.8. The summed E-state index contributed by atoms with van der Waals surface area (Å²) in [6.07, 6.45) is 9.10. The smallest absolute Gasteiger partial charge is 0.370 e. The zero-order chi connectivity index (χ0) is 20.6. The van der Waals surface area contributed by atoms with Crippen molar-refractivity contribution < 1.29 is 13.6 Å². The van der Waals surface area contributed by atoms with E-state index in [4.69, 9.17) is 25.1 Å². The van der Waals surface area contributed by atoms with Crippen LogP contribution in [0.4, 0.5) is 0 Å². The van der Waals surface area contributed by atoms with Crippen LogP contribution in [0.5, 0.6) is 0 Å². The van der Waals surface area contributed by atoms with E-state index in [1.807, 2.05) is 43.3 Å². The summed E-state index contributed by atoms with van der Waals surface area (Å²) < 4.78 is 17.4. The molecular formula is C21H40N2O3Si. The van der Waals surface area contributed by atoms with E-state index in [9.17, 15) is 0 Å². The number of hydrogen-bond acceptors (Lipinski definition) is 5. The van der Waals surface area contributed by atoms with Crippen LogP contribution in [0.15, 0.2) is 36.5 Å². The largest absolute Gasteiger partial charge is 0.405 e. The van der Waals surface area contributed by atoms with Crippen LogP contribution in [0, 0.1) is 0 Å². The molecule has 1 aromatic carbocycles. The Morgan fingerprint density at radius 3 is 2.11 bits per heavy atom. The SMILES string of the molecule is CCCC1(OC)CCCC[Si]1(OC)OC.CCN.NC=Cc1ccccc1. The number of benzene rings is 1. The first-order valence-corrected chi connectivity index (χ1v) is 11.9. The lowest BCUT2D eigenvalue weighted by Crippen LogP contribution is -2.64. The Kier molecular flexibility index (Phi) is 14.2. The van der Waals surface area contributed by atoms with Crippen molar-refractivity contribution in [1.29, 1.82) is 0 Å². The van der Waals surface area contributed by atoms with Crippen LogP contribution in [-0.2, 0) is 13.6 Å². The fraction of sp³-hybridized carbons (Fsp3) is 0.619. The molecule has 2 rings (SSSR count). The summed E-state index contributed by atoms with van der Waals surface area (Å²) in [6, 6.07) is 11.0. The Hall–Kier alpha value is -1.18. The Morgan fingerprint density at radius 1 is 1.07 bits per heavy atom. The molecule has 6 heteroatoms. The molecule has 0 saturated carbocycles. The van der Waals surface area contributed by atoms with Crippen molar-refractivity contribution >= 4 is 14.6 Å². The Balaban J connectivity index is 0.000000477. The Labute approximate surface area is 167 Å². The van der Waals surface area contributed by atoms with Gasteiger partial charge in [-0.3, -0.25) is 0 Å². The lowest BCUT2D eigenvalue weighted by Gasteiger charge is -2.47. The van der Waals surface area contributed by atoms with Gasteiger partial charge in [0.25, 0.3) is 0 Å². The van der Waals surface area contributed by atoms with Gasteiger partial charge >= 0.3 is 8.56 Å². The van der Waals surface area contributed by atoms with Crippen molar-refractivity contribution in [2.24, 2.45) is 11.5 Å². The van der Waals surface area contributed by atoms with E-state index >= 15 is 0 Å². The van der Waals surface area contributed by atoms with Gasteiger partial charge in [-0.25, -0.2) is 0 Å². The summed E-state index contributed by atoms with van der Waals surface area (Å²) in [4.78, 5) is 0. The van der Waals surface area contributed by atoms with Gasteiger partial charge in [0, 0.05) is 21.3 Å². The van der Waals surface area contributed by atoms with Crippen LogP contribution in [0.1, 0.15) is 51.5 Å². The minimum absolute atomic E-state index is 0.122. The van der Waals surface area contributed by atoms with E-state index in [1.165, 1.54) is 19.0 Å². The summed E-state index contributed by atoms with van der Waals surface area (Å²) >= 11 is 0. The molecule has 1 fully saturated rings. The number of hydrogen-bond donors (Lipinski definition) is 2. The van der Waals surface area contributed by atoms with Crippen molar-refractivity contribution in [2.45, 2.75) is 57.2 Å². The highest BCUT2D eigenvalue weighted by Crippen LogP contribution is 2.42. The van der Waals surface area contributed by atoms with Crippen LogP contribution in [0.25, 0.3) is 6.08 Å². The summed E-state index contributed by atoms with van der Waals surface area (Å²) in [5.74, 6) is 0. The molecule has 1 heterocycles. The molecule has 0 spiro atoms. The maximum Gasteiger partial charge on any atom is 0.370 e. The molecule has 4 N–H and O–H groups in total. The zero-order valence-electron chi connectivity index (χ0n) is 17.9. The lowest BCUT2D eigenvalue weighted by molar-refractivity contribution is -0.0149. The molecule has 0 radical (unpaired) electrons. The molecule has 0 aliphatic carbocycles. The third kappa shape index (κ3) is 7.75. The third-order valence-electron chi connectivity index (χ3n) is 4.82. The van der Waals surface area contributed by atoms with E-state index in [1.54, 1.807) is 21.3 Å². The molecule has 0 amide bonds. The summed E-state index contributed by atoms with van der Waals surface area (Å²) in [5.41, 5.74) is 11.2. The van der Waals surface area contributed by atoms with Gasteiger partial charge < -0.3 is 25.1 Å². The summed E-state index contributed by atoms with van der Waals surface area (Å²) in [7, 11) is 3.22. The Bertz CT molecular complexity index is 491. The summed E-state index contributed by atoms with van der Waals surface area (Å²) in [5, 5.41) is -0.122. The highest BCUT2D eigenvalue weighted by molar-refractivity contribution is 6.70. The Morgan fingerprint density at radius 2 is 1.67 bits per heavy atom. The number of nitrogens with two attached hydrogens (primary N) is 2. The van der Waals surface area contributed by atoms with Crippen molar-refractivity contribution in [3.8, 4) is 0 Å². The van der Waals surface area contributed by atoms with Crippen molar-refractivity contribution in [1.82, 2.24) is 0 Å². The molecule has 1 unspecified atom stereocenters. The number of methoxy groups -OCH3 is 1. The monoisotopic (exact) mass is 396 g/mol.